The fraction of sp³-hybridized carbons (Fsp3) is 0.800. The highest BCUT2D eigenvalue weighted by Crippen LogP contribution is 2.31. The Morgan fingerprint density at radius 3 is 2.79 bits per heavy atom. The van der Waals surface area contributed by atoms with E-state index in [1.54, 1.807) is 0 Å². The number of nitrogens with zero attached hydrogens (tertiary/aromatic N) is 3. The van der Waals surface area contributed by atoms with Crippen molar-refractivity contribution in [3.63, 3.8) is 0 Å². The van der Waals surface area contributed by atoms with Crippen molar-refractivity contribution in [3.8, 4) is 0 Å². The summed E-state index contributed by atoms with van der Waals surface area (Å²) in [6.07, 6.45) is 3.83. The Balaban J connectivity index is 1.88. The lowest BCUT2D eigenvalue weighted by Crippen LogP contribution is -2.34. The standard InChI is InChI=1S/C15H26N4/c1-11-15(13-6-7-16-9-13)12(2)19(17-11)14-5-4-8-18(3)10-14/h13-14,16H,4-10H2,1-3H3. The number of likely N-dealkylation sites (N-methyl/N-ethyl adjacent to an activating group) is 1. The molecule has 0 spiro atoms. The van der Waals surface area contributed by atoms with Crippen LogP contribution in [0.2, 0.25) is 0 Å². The van der Waals surface area contributed by atoms with Gasteiger partial charge in [0.05, 0.1) is 11.7 Å². The van der Waals surface area contributed by atoms with Crippen molar-refractivity contribution < 1.29 is 0 Å². The minimum absolute atomic E-state index is 0.570. The average Bonchev–Trinajstić information content (AvgIpc) is 2.98. The molecule has 0 radical (unpaired) electrons. The quantitative estimate of drug-likeness (QED) is 0.883. The molecule has 2 aliphatic heterocycles. The van der Waals surface area contributed by atoms with Gasteiger partial charge in [-0.2, -0.15) is 5.10 Å². The van der Waals surface area contributed by atoms with E-state index in [0.29, 0.717) is 12.0 Å². The SMILES string of the molecule is Cc1nn(C2CCCN(C)C2)c(C)c1C1CCNC1. The summed E-state index contributed by atoms with van der Waals surface area (Å²) in [5.74, 6) is 0.676. The zero-order valence-corrected chi connectivity index (χ0v) is 12.4. The fourth-order valence-corrected chi connectivity index (χ4v) is 3.86. The summed E-state index contributed by atoms with van der Waals surface area (Å²) in [6, 6.07) is 0.570. The molecule has 1 N–H and O–H groups in total. The van der Waals surface area contributed by atoms with Crippen LogP contribution in [0.15, 0.2) is 0 Å². The lowest BCUT2D eigenvalue weighted by molar-refractivity contribution is 0.200. The van der Waals surface area contributed by atoms with Crippen molar-refractivity contribution in [2.75, 3.05) is 33.2 Å². The molecule has 0 bridgehead atoms. The summed E-state index contributed by atoms with van der Waals surface area (Å²) in [6.45, 7) is 9.10. The van der Waals surface area contributed by atoms with Crippen molar-refractivity contribution in [1.29, 1.82) is 0 Å². The molecule has 19 heavy (non-hydrogen) atoms. The van der Waals surface area contributed by atoms with Crippen molar-refractivity contribution in [3.05, 3.63) is 17.0 Å². The van der Waals surface area contributed by atoms with Crippen LogP contribution in [0, 0.1) is 13.8 Å². The maximum absolute atomic E-state index is 4.88. The summed E-state index contributed by atoms with van der Waals surface area (Å²) in [4.78, 5) is 2.43. The van der Waals surface area contributed by atoms with Gasteiger partial charge in [0.25, 0.3) is 0 Å². The summed E-state index contributed by atoms with van der Waals surface area (Å²) in [5.41, 5.74) is 4.17. The summed E-state index contributed by atoms with van der Waals surface area (Å²) in [7, 11) is 2.22. The Labute approximate surface area is 116 Å². The van der Waals surface area contributed by atoms with Gasteiger partial charge in [0.1, 0.15) is 0 Å². The van der Waals surface area contributed by atoms with Crippen LogP contribution in [0.25, 0.3) is 0 Å². The third kappa shape index (κ3) is 2.43. The van der Waals surface area contributed by atoms with Gasteiger partial charge in [-0.15, -0.1) is 0 Å². The van der Waals surface area contributed by atoms with E-state index in [4.69, 9.17) is 5.10 Å². The number of rotatable bonds is 2. The van der Waals surface area contributed by atoms with Crippen LogP contribution in [-0.2, 0) is 0 Å². The second-order valence-corrected chi connectivity index (χ2v) is 6.28. The molecule has 0 aliphatic carbocycles. The van der Waals surface area contributed by atoms with Crippen LogP contribution >= 0.6 is 0 Å². The predicted molar refractivity (Wildman–Crippen MR) is 77.7 cm³/mol. The number of aryl methyl sites for hydroxylation is 1. The normalized spacial score (nSPS) is 29.0. The van der Waals surface area contributed by atoms with Gasteiger partial charge in [0.2, 0.25) is 0 Å². The number of piperidine rings is 1. The zero-order chi connectivity index (χ0) is 13.4. The first-order chi connectivity index (χ1) is 9.16. The van der Waals surface area contributed by atoms with E-state index < -0.39 is 0 Å². The first-order valence-electron chi connectivity index (χ1n) is 7.61. The third-order valence-electron chi connectivity index (χ3n) is 4.80. The van der Waals surface area contributed by atoms with Crippen LogP contribution in [-0.4, -0.2) is 47.9 Å². The Morgan fingerprint density at radius 1 is 1.26 bits per heavy atom. The summed E-state index contributed by atoms with van der Waals surface area (Å²) in [5, 5.41) is 8.35. The maximum atomic E-state index is 4.88. The molecule has 0 amide bonds. The number of nitrogens with one attached hydrogen (secondary N) is 1. The Morgan fingerprint density at radius 2 is 2.11 bits per heavy atom. The lowest BCUT2D eigenvalue weighted by atomic mass is 9.96. The molecule has 2 saturated heterocycles. The zero-order valence-electron chi connectivity index (χ0n) is 12.4. The van der Waals surface area contributed by atoms with E-state index in [1.165, 1.54) is 42.8 Å². The number of aromatic nitrogens is 2. The van der Waals surface area contributed by atoms with Crippen molar-refractivity contribution in [2.45, 2.75) is 45.1 Å². The predicted octanol–water partition coefficient (Wildman–Crippen LogP) is 1.84. The van der Waals surface area contributed by atoms with E-state index in [-0.39, 0.29) is 0 Å². The summed E-state index contributed by atoms with van der Waals surface area (Å²) >= 11 is 0. The number of hydrogen-bond donors (Lipinski definition) is 1. The monoisotopic (exact) mass is 262 g/mol. The minimum atomic E-state index is 0.570. The van der Waals surface area contributed by atoms with Crippen LogP contribution in [0.5, 0.6) is 0 Å². The van der Waals surface area contributed by atoms with Crippen LogP contribution in [0.3, 0.4) is 0 Å². The Bertz CT molecular complexity index is 445. The smallest absolute Gasteiger partial charge is 0.0649 e. The highest BCUT2D eigenvalue weighted by atomic mass is 15.3. The molecular weight excluding hydrogens is 236 g/mol. The van der Waals surface area contributed by atoms with E-state index in [1.807, 2.05) is 0 Å². The van der Waals surface area contributed by atoms with Crippen LogP contribution in [0.4, 0.5) is 0 Å². The van der Waals surface area contributed by atoms with Crippen molar-refractivity contribution in [2.24, 2.45) is 0 Å². The molecule has 1 aromatic rings. The van der Waals surface area contributed by atoms with Gasteiger partial charge in [-0.25, -0.2) is 0 Å². The van der Waals surface area contributed by atoms with Gasteiger partial charge in [-0.05, 0) is 53.2 Å². The van der Waals surface area contributed by atoms with Gasteiger partial charge in [-0.1, -0.05) is 0 Å². The summed E-state index contributed by atoms with van der Waals surface area (Å²) < 4.78 is 2.32. The maximum Gasteiger partial charge on any atom is 0.0649 e. The first kappa shape index (κ1) is 13.1. The number of hydrogen-bond acceptors (Lipinski definition) is 3. The second-order valence-electron chi connectivity index (χ2n) is 6.28. The van der Waals surface area contributed by atoms with Crippen molar-refractivity contribution in [1.82, 2.24) is 20.0 Å². The molecule has 3 rings (SSSR count). The van der Waals surface area contributed by atoms with Crippen LogP contribution < -0.4 is 5.32 Å². The Kier molecular flexibility index (Phi) is 3.63. The molecular formula is C15H26N4. The minimum Gasteiger partial charge on any atom is -0.316 e. The molecule has 4 heteroatoms. The van der Waals surface area contributed by atoms with E-state index in [0.717, 1.165) is 19.6 Å². The highest BCUT2D eigenvalue weighted by Gasteiger charge is 2.27. The lowest BCUT2D eigenvalue weighted by Gasteiger charge is -2.30. The van der Waals surface area contributed by atoms with Crippen molar-refractivity contribution >= 4 is 0 Å². The largest absolute Gasteiger partial charge is 0.316 e. The molecule has 2 atom stereocenters. The second kappa shape index (κ2) is 5.25. The van der Waals surface area contributed by atoms with E-state index >= 15 is 0 Å². The molecule has 3 heterocycles. The van der Waals surface area contributed by atoms with E-state index in [2.05, 4.69) is 35.8 Å². The van der Waals surface area contributed by atoms with Gasteiger partial charge in [0.15, 0.2) is 0 Å². The molecule has 4 nitrogen and oxygen atoms in total. The molecule has 2 unspecified atom stereocenters. The number of likely N-dealkylation sites (tertiary alicyclic amines) is 1. The molecule has 1 aromatic heterocycles. The Hall–Kier alpha value is -0.870. The molecule has 0 aromatic carbocycles. The molecule has 0 saturated carbocycles. The molecule has 2 aliphatic rings. The van der Waals surface area contributed by atoms with Gasteiger partial charge in [-0.3, -0.25) is 4.68 Å². The first-order valence-corrected chi connectivity index (χ1v) is 7.61. The van der Waals surface area contributed by atoms with Crippen LogP contribution in [0.1, 0.15) is 48.2 Å². The average molecular weight is 262 g/mol. The van der Waals surface area contributed by atoms with E-state index in [9.17, 15) is 0 Å². The highest BCUT2D eigenvalue weighted by molar-refractivity contribution is 5.30. The van der Waals surface area contributed by atoms with Gasteiger partial charge in [0, 0.05) is 30.3 Å². The molecule has 2 fully saturated rings. The molecule has 106 valence electrons. The third-order valence-corrected chi connectivity index (χ3v) is 4.80. The van der Waals surface area contributed by atoms with Gasteiger partial charge >= 0.3 is 0 Å². The van der Waals surface area contributed by atoms with Gasteiger partial charge < -0.3 is 10.2 Å². The fourth-order valence-electron chi connectivity index (χ4n) is 3.86. The topological polar surface area (TPSA) is 33.1 Å².